The normalized spacial score (nSPS) is 12.2. The number of sulfonamides is 1. The van der Waals surface area contributed by atoms with Crippen molar-refractivity contribution in [3.05, 3.63) is 42.1 Å². The lowest BCUT2D eigenvalue weighted by Gasteiger charge is -2.22. The first-order valence-corrected chi connectivity index (χ1v) is 8.99. The van der Waals surface area contributed by atoms with E-state index in [0.717, 1.165) is 9.69 Å². The van der Waals surface area contributed by atoms with Crippen molar-refractivity contribution < 1.29 is 13.2 Å². The number of nitrogens with two attached hydrogens (primary N) is 1. The van der Waals surface area contributed by atoms with Crippen LogP contribution in [0.5, 0.6) is 0 Å². The summed E-state index contributed by atoms with van der Waals surface area (Å²) in [5.74, 6) is -0.776. The van der Waals surface area contributed by atoms with E-state index in [1.165, 1.54) is 0 Å². The van der Waals surface area contributed by atoms with Crippen LogP contribution in [0.25, 0.3) is 10.9 Å². The van der Waals surface area contributed by atoms with Crippen LogP contribution in [0.2, 0.25) is 0 Å². The maximum absolute atomic E-state index is 12.7. The molecule has 7 heteroatoms. The van der Waals surface area contributed by atoms with E-state index in [0.29, 0.717) is 11.1 Å². The van der Waals surface area contributed by atoms with Crippen LogP contribution < -0.4 is 5.73 Å². The second-order valence-corrected chi connectivity index (χ2v) is 7.87. The third-order valence-corrected chi connectivity index (χ3v) is 5.09. The molecule has 0 atom stereocenters. The predicted octanol–water partition coefficient (Wildman–Crippen LogP) is 1.51. The molecule has 2 rings (SSSR count). The van der Waals surface area contributed by atoms with Gasteiger partial charge in [-0.2, -0.15) is 4.31 Å². The molecule has 2 aromatic rings. The van der Waals surface area contributed by atoms with E-state index < -0.39 is 15.9 Å². The lowest BCUT2D eigenvalue weighted by Crippen LogP contribution is -2.41. The van der Waals surface area contributed by atoms with E-state index in [4.69, 9.17) is 5.73 Å². The lowest BCUT2D eigenvalue weighted by atomic mass is 10.1. The Morgan fingerprint density at radius 1 is 1.26 bits per heavy atom. The van der Waals surface area contributed by atoms with Gasteiger partial charge in [0.1, 0.15) is 0 Å². The van der Waals surface area contributed by atoms with Crippen molar-refractivity contribution in [3.63, 3.8) is 0 Å². The van der Waals surface area contributed by atoms with Crippen LogP contribution in [0.15, 0.2) is 36.5 Å². The summed E-state index contributed by atoms with van der Waals surface area (Å²) < 4.78 is 26.6. The van der Waals surface area contributed by atoms with Gasteiger partial charge in [0, 0.05) is 18.1 Å². The number of nitrogens with zero attached hydrogens (tertiary/aromatic N) is 2. The molecule has 0 saturated heterocycles. The quantitative estimate of drug-likeness (QED) is 0.830. The van der Waals surface area contributed by atoms with Gasteiger partial charge in [0.25, 0.3) is 0 Å². The van der Waals surface area contributed by atoms with Crippen LogP contribution in [0.3, 0.4) is 0 Å². The molecule has 124 valence electrons. The van der Waals surface area contributed by atoms with Gasteiger partial charge in [-0.05, 0) is 17.5 Å². The Morgan fingerprint density at radius 2 is 1.96 bits per heavy atom. The highest BCUT2D eigenvalue weighted by Gasteiger charge is 2.25. The molecule has 0 aliphatic heterocycles. The molecule has 0 fully saturated rings. The number of carbonyl (C=O) groups excluding carboxylic acids is 1. The Morgan fingerprint density at radius 3 is 2.61 bits per heavy atom. The van der Waals surface area contributed by atoms with Crippen LogP contribution in [0.1, 0.15) is 19.4 Å². The van der Waals surface area contributed by atoms with E-state index in [1.807, 2.05) is 26.0 Å². The molecule has 2 N–H and O–H groups in total. The molecule has 1 heterocycles. The minimum atomic E-state index is -3.66. The van der Waals surface area contributed by atoms with E-state index in [1.54, 1.807) is 24.4 Å². The second kappa shape index (κ2) is 7.06. The SMILES string of the molecule is CC(C)CN(CC(N)=O)S(=O)(=O)Cc1cccc2cccnc12. The molecular weight excluding hydrogens is 314 g/mol. The van der Waals surface area contributed by atoms with Crippen LogP contribution in [-0.4, -0.2) is 36.7 Å². The van der Waals surface area contributed by atoms with Gasteiger partial charge in [-0.25, -0.2) is 8.42 Å². The highest BCUT2D eigenvalue weighted by atomic mass is 32.2. The van der Waals surface area contributed by atoms with Crippen molar-refractivity contribution in [1.82, 2.24) is 9.29 Å². The van der Waals surface area contributed by atoms with Gasteiger partial charge in [-0.1, -0.05) is 38.1 Å². The minimum absolute atomic E-state index is 0.0924. The van der Waals surface area contributed by atoms with E-state index in [2.05, 4.69) is 4.98 Å². The number of hydrogen-bond donors (Lipinski definition) is 1. The molecule has 1 aromatic heterocycles. The summed E-state index contributed by atoms with van der Waals surface area (Å²) in [5, 5.41) is 0.880. The first kappa shape index (κ1) is 17.4. The summed E-state index contributed by atoms with van der Waals surface area (Å²) in [7, 11) is -3.66. The highest BCUT2D eigenvalue weighted by Crippen LogP contribution is 2.20. The molecule has 0 bridgehead atoms. The zero-order valence-corrected chi connectivity index (χ0v) is 14.1. The van der Waals surface area contributed by atoms with E-state index in [-0.39, 0.29) is 24.8 Å². The van der Waals surface area contributed by atoms with Gasteiger partial charge in [0.2, 0.25) is 15.9 Å². The molecule has 0 unspecified atom stereocenters. The number of para-hydroxylation sites is 1. The zero-order valence-electron chi connectivity index (χ0n) is 13.3. The molecule has 0 radical (unpaired) electrons. The van der Waals surface area contributed by atoms with Crippen molar-refractivity contribution in [1.29, 1.82) is 0 Å². The summed E-state index contributed by atoms with van der Waals surface area (Å²) >= 11 is 0. The average molecular weight is 335 g/mol. The Bertz CT molecular complexity index is 798. The monoisotopic (exact) mass is 335 g/mol. The maximum Gasteiger partial charge on any atom is 0.232 e. The number of fused-ring (bicyclic) bond motifs is 1. The van der Waals surface area contributed by atoms with Crippen molar-refractivity contribution in [2.24, 2.45) is 11.7 Å². The maximum atomic E-state index is 12.7. The summed E-state index contributed by atoms with van der Waals surface area (Å²) in [6.45, 7) is 3.73. The van der Waals surface area contributed by atoms with Crippen LogP contribution in [0.4, 0.5) is 0 Å². The number of aromatic nitrogens is 1. The first-order chi connectivity index (χ1) is 10.8. The smallest absolute Gasteiger partial charge is 0.232 e. The Hall–Kier alpha value is -1.99. The van der Waals surface area contributed by atoms with Gasteiger partial charge in [-0.15, -0.1) is 0 Å². The number of benzene rings is 1. The lowest BCUT2D eigenvalue weighted by molar-refractivity contribution is -0.118. The molecule has 0 saturated carbocycles. The van der Waals surface area contributed by atoms with Crippen molar-refractivity contribution in [2.75, 3.05) is 13.1 Å². The zero-order chi connectivity index (χ0) is 17.0. The van der Waals surface area contributed by atoms with Crippen LogP contribution >= 0.6 is 0 Å². The molecule has 23 heavy (non-hydrogen) atoms. The molecule has 1 aromatic carbocycles. The Kier molecular flexibility index (Phi) is 5.33. The van der Waals surface area contributed by atoms with E-state index in [9.17, 15) is 13.2 Å². The fourth-order valence-electron chi connectivity index (χ4n) is 2.43. The van der Waals surface area contributed by atoms with Crippen LogP contribution in [-0.2, 0) is 20.6 Å². The molecule has 0 spiro atoms. The standard InChI is InChI=1S/C16H21N3O3S/c1-12(2)9-19(10-15(17)20)23(21,22)11-14-6-3-5-13-7-4-8-18-16(13)14/h3-8,12H,9-11H2,1-2H3,(H2,17,20). The summed E-state index contributed by atoms with van der Waals surface area (Å²) in [5.41, 5.74) is 6.46. The molecule has 0 aliphatic carbocycles. The number of amides is 1. The van der Waals surface area contributed by atoms with Crippen LogP contribution in [0, 0.1) is 5.92 Å². The number of carbonyl (C=O) groups is 1. The largest absolute Gasteiger partial charge is 0.369 e. The first-order valence-electron chi connectivity index (χ1n) is 7.38. The Balaban J connectivity index is 2.35. The van der Waals surface area contributed by atoms with Gasteiger partial charge in [-0.3, -0.25) is 9.78 Å². The molecule has 0 aliphatic rings. The molecule has 6 nitrogen and oxygen atoms in total. The highest BCUT2D eigenvalue weighted by molar-refractivity contribution is 7.88. The summed E-state index contributed by atoms with van der Waals surface area (Å²) in [6.07, 6.45) is 1.63. The summed E-state index contributed by atoms with van der Waals surface area (Å²) in [4.78, 5) is 15.5. The van der Waals surface area contributed by atoms with Crippen molar-refractivity contribution in [2.45, 2.75) is 19.6 Å². The predicted molar refractivity (Wildman–Crippen MR) is 90.0 cm³/mol. The number of rotatable bonds is 7. The second-order valence-electron chi connectivity index (χ2n) is 5.90. The molecule has 1 amide bonds. The fourth-order valence-corrected chi connectivity index (χ4v) is 4.09. The Labute approximate surface area is 136 Å². The van der Waals surface area contributed by atoms with Gasteiger partial charge in [0.15, 0.2) is 0 Å². The van der Waals surface area contributed by atoms with Crippen molar-refractivity contribution >= 4 is 26.8 Å². The van der Waals surface area contributed by atoms with Gasteiger partial charge in [0.05, 0.1) is 17.8 Å². The number of primary amides is 1. The van der Waals surface area contributed by atoms with Gasteiger partial charge < -0.3 is 5.73 Å². The third kappa shape index (κ3) is 4.49. The van der Waals surface area contributed by atoms with E-state index >= 15 is 0 Å². The molecular formula is C16H21N3O3S. The summed E-state index contributed by atoms with van der Waals surface area (Å²) in [6, 6.07) is 9.11. The van der Waals surface area contributed by atoms with Crippen molar-refractivity contribution in [3.8, 4) is 0 Å². The topological polar surface area (TPSA) is 93.4 Å². The van der Waals surface area contributed by atoms with Gasteiger partial charge >= 0.3 is 0 Å². The average Bonchev–Trinajstić information content (AvgIpc) is 2.46. The number of pyridine rings is 1. The third-order valence-electron chi connectivity index (χ3n) is 3.35. The number of hydrogen-bond acceptors (Lipinski definition) is 4. The minimum Gasteiger partial charge on any atom is -0.369 e. The fraction of sp³-hybridized carbons (Fsp3) is 0.375.